The van der Waals surface area contributed by atoms with Crippen molar-refractivity contribution in [1.82, 2.24) is 0 Å². The van der Waals surface area contributed by atoms with Crippen LogP contribution in [0.1, 0.15) is 11.1 Å². The fourth-order valence-electron chi connectivity index (χ4n) is 2.74. The van der Waals surface area contributed by atoms with E-state index in [9.17, 15) is 4.39 Å². The maximum atomic E-state index is 13.8. The van der Waals surface area contributed by atoms with Gasteiger partial charge in [0, 0.05) is 23.9 Å². The van der Waals surface area contributed by atoms with Crippen LogP contribution in [0.3, 0.4) is 0 Å². The standard InChI is InChI=1S/C21H17ClFNO3/c22-18-2-1-3-19(23)17(18)12-25-16-7-4-14(5-8-16)11-24-15-6-9-20-21(10-15)27-13-26-20/h1-10,24H,11-13H2. The van der Waals surface area contributed by atoms with Gasteiger partial charge in [-0.05, 0) is 42.0 Å². The second kappa shape index (κ2) is 7.76. The van der Waals surface area contributed by atoms with Crippen molar-refractivity contribution in [3.8, 4) is 17.2 Å². The molecule has 138 valence electrons. The molecule has 3 aromatic rings. The zero-order valence-electron chi connectivity index (χ0n) is 14.4. The molecule has 0 saturated heterocycles. The van der Waals surface area contributed by atoms with Gasteiger partial charge in [-0.1, -0.05) is 29.8 Å². The molecule has 0 amide bonds. The Morgan fingerprint density at radius 3 is 2.63 bits per heavy atom. The van der Waals surface area contributed by atoms with Gasteiger partial charge in [0.1, 0.15) is 18.2 Å². The molecule has 0 aromatic heterocycles. The molecule has 4 rings (SSSR count). The molecule has 6 heteroatoms. The van der Waals surface area contributed by atoms with Gasteiger partial charge in [0.25, 0.3) is 0 Å². The van der Waals surface area contributed by atoms with E-state index in [1.165, 1.54) is 6.07 Å². The smallest absolute Gasteiger partial charge is 0.231 e. The molecule has 0 aliphatic carbocycles. The second-order valence-corrected chi connectivity index (χ2v) is 6.46. The molecule has 0 atom stereocenters. The predicted molar refractivity (Wildman–Crippen MR) is 102 cm³/mol. The number of fused-ring (bicyclic) bond motifs is 1. The van der Waals surface area contributed by atoms with Gasteiger partial charge in [0.15, 0.2) is 11.5 Å². The number of hydrogen-bond acceptors (Lipinski definition) is 4. The molecular weight excluding hydrogens is 369 g/mol. The van der Waals surface area contributed by atoms with Crippen molar-refractivity contribution in [3.63, 3.8) is 0 Å². The van der Waals surface area contributed by atoms with Crippen molar-refractivity contribution in [2.75, 3.05) is 12.1 Å². The Bertz CT molecular complexity index is 926. The molecule has 1 heterocycles. The molecule has 1 aliphatic heterocycles. The van der Waals surface area contributed by atoms with E-state index in [-0.39, 0.29) is 19.2 Å². The molecule has 0 bridgehead atoms. The molecule has 0 spiro atoms. The molecular formula is C21H17ClFNO3. The Hall–Kier alpha value is -2.92. The Kier molecular flexibility index (Phi) is 5.03. The van der Waals surface area contributed by atoms with Gasteiger partial charge < -0.3 is 19.5 Å². The quantitative estimate of drug-likeness (QED) is 0.616. The molecule has 27 heavy (non-hydrogen) atoms. The molecule has 4 nitrogen and oxygen atoms in total. The van der Waals surface area contributed by atoms with E-state index < -0.39 is 0 Å². The Morgan fingerprint density at radius 1 is 1.00 bits per heavy atom. The lowest BCUT2D eigenvalue weighted by atomic mass is 10.2. The van der Waals surface area contributed by atoms with Crippen LogP contribution >= 0.6 is 11.6 Å². The van der Waals surface area contributed by atoms with Crippen LogP contribution in [0.4, 0.5) is 10.1 Å². The summed E-state index contributed by atoms with van der Waals surface area (Å²) < 4.78 is 30.1. The van der Waals surface area contributed by atoms with Gasteiger partial charge in [-0.3, -0.25) is 0 Å². The van der Waals surface area contributed by atoms with Crippen molar-refractivity contribution in [2.24, 2.45) is 0 Å². The van der Waals surface area contributed by atoms with E-state index in [1.807, 2.05) is 42.5 Å². The van der Waals surface area contributed by atoms with Crippen molar-refractivity contribution in [1.29, 1.82) is 0 Å². The van der Waals surface area contributed by atoms with Crippen molar-refractivity contribution in [2.45, 2.75) is 13.2 Å². The van der Waals surface area contributed by atoms with Crippen LogP contribution < -0.4 is 19.5 Å². The van der Waals surface area contributed by atoms with E-state index in [2.05, 4.69) is 5.32 Å². The van der Waals surface area contributed by atoms with E-state index in [4.69, 9.17) is 25.8 Å². The molecule has 0 fully saturated rings. The first-order valence-electron chi connectivity index (χ1n) is 8.47. The Balaban J connectivity index is 1.33. The minimum atomic E-state index is -0.368. The van der Waals surface area contributed by atoms with Crippen molar-refractivity contribution >= 4 is 17.3 Å². The SMILES string of the molecule is Fc1cccc(Cl)c1COc1ccc(CNc2ccc3c(c2)OCO3)cc1. The molecule has 1 N–H and O–H groups in total. The third kappa shape index (κ3) is 4.09. The molecule has 0 radical (unpaired) electrons. The minimum absolute atomic E-state index is 0.0836. The summed E-state index contributed by atoms with van der Waals surface area (Å²) in [5.41, 5.74) is 2.39. The van der Waals surface area contributed by atoms with Crippen LogP contribution in [-0.4, -0.2) is 6.79 Å². The van der Waals surface area contributed by atoms with Gasteiger partial charge in [-0.25, -0.2) is 4.39 Å². The number of nitrogens with one attached hydrogen (secondary N) is 1. The summed E-state index contributed by atoms with van der Waals surface area (Å²) in [6.07, 6.45) is 0. The third-order valence-electron chi connectivity index (χ3n) is 4.24. The van der Waals surface area contributed by atoms with Crippen LogP contribution in [0.15, 0.2) is 60.7 Å². The number of rotatable bonds is 6. The summed E-state index contributed by atoms with van der Waals surface area (Å²) in [5.74, 6) is 1.79. The van der Waals surface area contributed by atoms with E-state index in [0.29, 0.717) is 22.9 Å². The zero-order valence-corrected chi connectivity index (χ0v) is 15.1. The minimum Gasteiger partial charge on any atom is -0.489 e. The maximum Gasteiger partial charge on any atom is 0.231 e. The highest BCUT2D eigenvalue weighted by Crippen LogP contribution is 2.34. The average molecular weight is 386 g/mol. The summed E-state index contributed by atoms with van der Waals surface area (Å²) in [6.45, 7) is 0.998. The van der Waals surface area contributed by atoms with Crippen LogP contribution in [0.5, 0.6) is 17.2 Å². The highest BCUT2D eigenvalue weighted by atomic mass is 35.5. The average Bonchev–Trinajstić information content (AvgIpc) is 3.15. The topological polar surface area (TPSA) is 39.7 Å². The number of ether oxygens (including phenoxy) is 3. The van der Waals surface area contributed by atoms with Crippen LogP contribution in [0.25, 0.3) is 0 Å². The van der Waals surface area contributed by atoms with Crippen LogP contribution in [-0.2, 0) is 13.2 Å². The first-order chi connectivity index (χ1) is 13.2. The lowest BCUT2D eigenvalue weighted by Gasteiger charge is -2.10. The molecule has 0 saturated carbocycles. The second-order valence-electron chi connectivity index (χ2n) is 6.05. The highest BCUT2D eigenvalue weighted by Gasteiger charge is 2.13. The third-order valence-corrected chi connectivity index (χ3v) is 4.59. The van der Waals surface area contributed by atoms with Crippen LogP contribution in [0.2, 0.25) is 5.02 Å². The zero-order chi connectivity index (χ0) is 18.6. The first-order valence-corrected chi connectivity index (χ1v) is 8.85. The summed E-state index contributed by atoms with van der Waals surface area (Å²) in [4.78, 5) is 0. The van der Waals surface area contributed by atoms with E-state index >= 15 is 0 Å². The number of halogens is 2. The van der Waals surface area contributed by atoms with Gasteiger partial charge in [0.2, 0.25) is 6.79 Å². The van der Waals surface area contributed by atoms with Gasteiger partial charge in [0.05, 0.1) is 5.02 Å². The lowest BCUT2D eigenvalue weighted by Crippen LogP contribution is -2.01. The maximum absolute atomic E-state index is 13.8. The number of hydrogen-bond donors (Lipinski definition) is 1. The number of anilines is 1. The number of benzene rings is 3. The molecule has 3 aromatic carbocycles. The fraction of sp³-hybridized carbons (Fsp3) is 0.143. The van der Waals surface area contributed by atoms with E-state index in [1.54, 1.807) is 12.1 Å². The Labute approximate surface area is 161 Å². The summed E-state index contributed by atoms with van der Waals surface area (Å²) in [7, 11) is 0. The Morgan fingerprint density at radius 2 is 1.81 bits per heavy atom. The monoisotopic (exact) mass is 385 g/mol. The van der Waals surface area contributed by atoms with Gasteiger partial charge >= 0.3 is 0 Å². The van der Waals surface area contributed by atoms with E-state index in [0.717, 1.165) is 22.7 Å². The summed E-state index contributed by atoms with van der Waals surface area (Å²) in [5, 5.41) is 3.70. The van der Waals surface area contributed by atoms with Gasteiger partial charge in [-0.2, -0.15) is 0 Å². The van der Waals surface area contributed by atoms with Crippen molar-refractivity contribution < 1.29 is 18.6 Å². The largest absolute Gasteiger partial charge is 0.489 e. The fourth-order valence-corrected chi connectivity index (χ4v) is 2.96. The molecule has 0 unspecified atom stereocenters. The lowest BCUT2D eigenvalue weighted by molar-refractivity contribution is 0.174. The first kappa shape index (κ1) is 17.5. The summed E-state index contributed by atoms with van der Waals surface area (Å²) in [6, 6.07) is 18.0. The van der Waals surface area contributed by atoms with Crippen LogP contribution in [0, 0.1) is 5.82 Å². The molecule has 1 aliphatic rings. The normalized spacial score (nSPS) is 12.1. The summed E-state index contributed by atoms with van der Waals surface area (Å²) >= 11 is 6.01. The highest BCUT2D eigenvalue weighted by molar-refractivity contribution is 6.31. The van der Waals surface area contributed by atoms with Crippen molar-refractivity contribution in [3.05, 3.63) is 82.6 Å². The predicted octanol–water partition coefficient (Wildman–Crippen LogP) is 5.40. The van der Waals surface area contributed by atoms with Gasteiger partial charge in [-0.15, -0.1) is 0 Å².